The van der Waals surface area contributed by atoms with Gasteiger partial charge >= 0.3 is 0 Å². The number of hydrogen-bond donors (Lipinski definition) is 0. The topological polar surface area (TPSA) is 17.1 Å². The summed E-state index contributed by atoms with van der Waals surface area (Å²) < 4.78 is 0. The number of rotatable bonds is 0. The maximum Gasteiger partial charge on any atom is 0.160 e. The SMILES string of the molecule is CC1CCC2C3=CC(=O)CC3=CCCC2C1(C)C. The van der Waals surface area contributed by atoms with Crippen LogP contribution in [0.15, 0.2) is 23.3 Å². The number of allylic oxidation sites excluding steroid dienone is 4. The average Bonchev–Trinajstić information content (AvgIpc) is 2.57. The van der Waals surface area contributed by atoms with E-state index in [2.05, 4.69) is 26.8 Å². The largest absolute Gasteiger partial charge is 0.294 e. The molecule has 1 fully saturated rings. The molecule has 1 heteroatoms. The van der Waals surface area contributed by atoms with Gasteiger partial charge < -0.3 is 0 Å². The number of hydrogen-bond acceptors (Lipinski definition) is 1. The van der Waals surface area contributed by atoms with E-state index in [-0.39, 0.29) is 0 Å². The van der Waals surface area contributed by atoms with Crippen LogP contribution in [0.1, 0.15) is 52.9 Å². The van der Waals surface area contributed by atoms with Crippen LogP contribution >= 0.6 is 0 Å². The van der Waals surface area contributed by atoms with Gasteiger partial charge in [-0.25, -0.2) is 0 Å². The Morgan fingerprint density at radius 1 is 1.22 bits per heavy atom. The fraction of sp³-hybridized carbons (Fsp3) is 0.706. The summed E-state index contributed by atoms with van der Waals surface area (Å²) in [5.41, 5.74) is 3.18. The molecule has 0 N–H and O–H groups in total. The summed E-state index contributed by atoms with van der Waals surface area (Å²) in [6.07, 6.45) is 10.0. The fourth-order valence-electron chi connectivity index (χ4n) is 4.41. The van der Waals surface area contributed by atoms with Crippen molar-refractivity contribution < 1.29 is 4.79 Å². The lowest BCUT2D eigenvalue weighted by Crippen LogP contribution is -2.40. The van der Waals surface area contributed by atoms with Crippen molar-refractivity contribution in [2.75, 3.05) is 0 Å². The standard InChI is InChI=1S/C17H24O/c1-11-7-8-14-15-10-13(18)9-12(15)5-4-6-16(14)17(11,2)3/h5,10-11,14,16H,4,6-9H2,1-3H3. The molecule has 18 heavy (non-hydrogen) atoms. The first kappa shape index (κ1) is 12.2. The van der Waals surface area contributed by atoms with Crippen LogP contribution in [0.3, 0.4) is 0 Å². The van der Waals surface area contributed by atoms with Gasteiger partial charge in [-0.2, -0.15) is 0 Å². The molecule has 0 amide bonds. The van der Waals surface area contributed by atoms with Gasteiger partial charge in [0.05, 0.1) is 0 Å². The van der Waals surface area contributed by atoms with Crippen LogP contribution in [0.2, 0.25) is 0 Å². The van der Waals surface area contributed by atoms with Gasteiger partial charge in [0.25, 0.3) is 0 Å². The number of carbonyl (C=O) groups excluding carboxylic acids is 1. The first-order valence-corrected chi connectivity index (χ1v) is 7.44. The highest BCUT2D eigenvalue weighted by atomic mass is 16.1. The van der Waals surface area contributed by atoms with Gasteiger partial charge in [-0.15, -0.1) is 0 Å². The quantitative estimate of drug-likeness (QED) is 0.621. The van der Waals surface area contributed by atoms with E-state index in [1.807, 2.05) is 6.08 Å². The summed E-state index contributed by atoms with van der Waals surface area (Å²) in [7, 11) is 0. The normalized spacial score (nSPS) is 38.4. The molecule has 0 heterocycles. The zero-order valence-corrected chi connectivity index (χ0v) is 11.8. The van der Waals surface area contributed by atoms with Gasteiger partial charge in [0.15, 0.2) is 5.78 Å². The Labute approximate surface area is 110 Å². The molecule has 3 rings (SSSR count). The van der Waals surface area contributed by atoms with E-state index >= 15 is 0 Å². The Bertz CT molecular complexity index is 439. The van der Waals surface area contributed by atoms with Crippen molar-refractivity contribution in [1.29, 1.82) is 0 Å². The van der Waals surface area contributed by atoms with Gasteiger partial charge in [0.2, 0.25) is 0 Å². The van der Waals surface area contributed by atoms with Crippen molar-refractivity contribution in [3.63, 3.8) is 0 Å². The third-order valence-corrected chi connectivity index (χ3v) is 5.94. The maximum absolute atomic E-state index is 11.7. The van der Waals surface area contributed by atoms with Crippen molar-refractivity contribution in [1.82, 2.24) is 0 Å². The second-order valence-corrected chi connectivity index (χ2v) is 7.06. The van der Waals surface area contributed by atoms with E-state index in [0.717, 1.165) is 18.3 Å². The zero-order chi connectivity index (χ0) is 12.9. The Balaban J connectivity index is 1.99. The minimum absolute atomic E-state index is 0.327. The first-order valence-electron chi connectivity index (χ1n) is 7.44. The number of ketones is 1. The molecule has 1 saturated carbocycles. The first-order chi connectivity index (χ1) is 8.50. The molecule has 0 bridgehead atoms. The third-order valence-electron chi connectivity index (χ3n) is 5.94. The second kappa shape index (κ2) is 4.08. The summed E-state index contributed by atoms with van der Waals surface area (Å²) in [6.45, 7) is 7.29. The summed E-state index contributed by atoms with van der Waals surface area (Å²) in [6, 6.07) is 0. The molecule has 0 spiro atoms. The van der Waals surface area contributed by atoms with Crippen LogP contribution < -0.4 is 0 Å². The van der Waals surface area contributed by atoms with Crippen molar-refractivity contribution in [2.24, 2.45) is 23.2 Å². The van der Waals surface area contributed by atoms with Gasteiger partial charge in [-0.1, -0.05) is 26.8 Å². The van der Waals surface area contributed by atoms with Crippen molar-refractivity contribution in [3.05, 3.63) is 23.3 Å². The minimum atomic E-state index is 0.327. The van der Waals surface area contributed by atoms with Gasteiger partial charge in [0, 0.05) is 6.42 Å². The van der Waals surface area contributed by atoms with E-state index in [1.165, 1.54) is 30.4 Å². The molecular weight excluding hydrogens is 220 g/mol. The van der Waals surface area contributed by atoms with Crippen LogP contribution in [0.25, 0.3) is 0 Å². The molecule has 3 atom stereocenters. The van der Waals surface area contributed by atoms with E-state index in [9.17, 15) is 4.79 Å². The molecule has 0 radical (unpaired) electrons. The van der Waals surface area contributed by atoms with Crippen LogP contribution in [0, 0.1) is 23.2 Å². The average molecular weight is 244 g/mol. The lowest BCUT2D eigenvalue weighted by atomic mass is 9.56. The molecule has 3 unspecified atom stereocenters. The predicted molar refractivity (Wildman–Crippen MR) is 74.2 cm³/mol. The van der Waals surface area contributed by atoms with Crippen LogP contribution in [0.4, 0.5) is 0 Å². The molecule has 3 aliphatic carbocycles. The second-order valence-electron chi connectivity index (χ2n) is 7.06. The molecule has 98 valence electrons. The molecule has 0 saturated heterocycles. The highest BCUT2D eigenvalue weighted by molar-refractivity contribution is 5.97. The summed E-state index contributed by atoms with van der Waals surface area (Å²) in [5, 5.41) is 0. The molecule has 0 aromatic rings. The van der Waals surface area contributed by atoms with Crippen molar-refractivity contribution in [2.45, 2.75) is 52.9 Å². The van der Waals surface area contributed by atoms with Crippen LogP contribution in [0.5, 0.6) is 0 Å². The summed E-state index contributed by atoms with van der Waals surface area (Å²) in [4.78, 5) is 11.7. The molecular formula is C17H24O. The lowest BCUT2D eigenvalue weighted by molar-refractivity contribution is -0.113. The molecule has 0 aliphatic heterocycles. The molecule has 0 aromatic heterocycles. The summed E-state index contributed by atoms with van der Waals surface area (Å²) in [5.74, 6) is 2.54. The molecule has 1 nitrogen and oxygen atoms in total. The van der Waals surface area contributed by atoms with E-state index in [4.69, 9.17) is 0 Å². The zero-order valence-electron chi connectivity index (χ0n) is 11.8. The van der Waals surface area contributed by atoms with Gasteiger partial charge in [0.1, 0.15) is 0 Å². The van der Waals surface area contributed by atoms with E-state index < -0.39 is 0 Å². The third kappa shape index (κ3) is 1.71. The van der Waals surface area contributed by atoms with Crippen molar-refractivity contribution >= 4 is 5.78 Å². The van der Waals surface area contributed by atoms with Crippen LogP contribution in [-0.4, -0.2) is 5.78 Å². The number of carbonyl (C=O) groups is 1. The fourth-order valence-corrected chi connectivity index (χ4v) is 4.41. The lowest BCUT2D eigenvalue weighted by Gasteiger charge is -2.48. The Hall–Kier alpha value is -0.850. The highest BCUT2D eigenvalue weighted by Gasteiger charge is 2.45. The van der Waals surface area contributed by atoms with E-state index in [1.54, 1.807) is 0 Å². The monoisotopic (exact) mass is 244 g/mol. The maximum atomic E-state index is 11.7. The minimum Gasteiger partial charge on any atom is -0.294 e. The van der Waals surface area contributed by atoms with Gasteiger partial charge in [-0.3, -0.25) is 4.79 Å². The van der Waals surface area contributed by atoms with Crippen LogP contribution in [-0.2, 0) is 4.79 Å². The Kier molecular flexibility index (Phi) is 2.76. The molecule has 3 aliphatic rings. The van der Waals surface area contributed by atoms with E-state index in [0.29, 0.717) is 23.5 Å². The predicted octanol–water partition coefficient (Wildman–Crippen LogP) is 4.29. The molecule has 0 aromatic carbocycles. The smallest absolute Gasteiger partial charge is 0.160 e. The number of fused-ring (bicyclic) bond motifs is 3. The van der Waals surface area contributed by atoms with Crippen molar-refractivity contribution in [3.8, 4) is 0 Å². The summed E-state index contributed by atoms with van der Waals surface area (Å²) >= 11 is 0. The Morgan fingerprint density at radius 2 is 2.00 bits per heavy atom. The Morgan fingerprint density at radius 3 is 2.78 bits per heavy atom. The highest BCUT2D eigenvalue weighted by Crippen LogP contribution is 2.54. The van der Waals surface area contributed by atoms with Gasteiger partial charge in [-0.05, 0) is 66.1 Å².